The van der Waals surface area contributed by atoms with E-state index in [1.54, 1.807) is 11.7 Å². The second kappa shape index (κ2) is 5.32. The minimum absolute atomic E-state index is 0. The molecule has 0 aliphatic rings. The summed E-state index contributed by atoms with van der Waals surface area (Å²) in [7, 11) is 1.78. The molecule has 2 aromatic rings. The lowest BCUT2D eigenvalue weighted by Crippen LogP contribution is -3.00. The number of halogens is 1. The summed E-state index contributed by atoms with van der Waals surface area (Å²) in [4.78, 5) is 0. The Bertz CT molecular complexity index is 460. The monoisotopic (exact) mass is 237 g/mol. The van der Waals surface area contributed by atoms with Crippen molar-refractivity contribution in [3.63, 3.8) is 0 Å². The largest absolute Gasteiger partial charge is 1.00 e. The molecule has 2 N–H and O–H groups in total. The van der Waals surface area contributed by atoms with Crippen LogP contribution in [-0.4, -0.2) is 5.27 Å². The van der Waals surface area contributed by atoms with Crippen molar-refractivity contribution >= 4 is 18.0 Å². The Labute approximate surface area is 99.8 Å². The van der Waals surface area contributed by atoms with E-state index < -0.39 is 0 Å². The maximum absolute atomic E-state index is 5.60. The maximum Gasteiger partial charge on any atom is 0.301 e. The second-order valence-electron chi connectivity index (χ2n) is 3.19. The van der Waals surface area contributed by atoms with Crippen LogP contribution >= 0.6 is 0 Å². The molecule has 1 aromatic carbocycles. The smallest absolute Gasteiger partial charge is 0.301 e. The molecule has 0 unspecified atom stereocenters. The lowest BCUT2D eigenvalue weighted by molar-refractivity contribution is -0.741. The summed E-state index contributed by atoms with van der Waals surface area (Å²) in [5.74, 6) is 0.324. The molecule has 0 bridgehead atoms. The molecule has 0 aliphatic carbocycles. The molecule has 0 radical (unpaired) electrons. The first-order chi connectivity index (χ1) is 7.27. The summed E-state index contributed by atoms with van der Waals surface area (Å²) in [6.07, 6.45) is 3.84. The molecule has 4 nitrogen and oxygen atoms in total. The van der Waals surface area contributed by atoms with Gasteiger partial charge >= 0.3 is 5.88 Å². The van der Waals surface area contributed by atoms with E-state index in [-0.39, 0.29) is 12.4 Å². The minimum atomic E-state index is 0. The highest BCUT2D eigenvalue weighted by Gasteiger charge is 2.14. The highest BCUT2D eigenvalue weighted by Crippen LogP contribution is 2.09. The number of rotatable bonds is 2. The molecule has 2 rings (SSSR count). The highest BCUT2D eigenvalue weighted by molar-refractivity contribution is 5.69. The fraction of sp³-hybridized carbons (Fsp3) is 0.0909. The van der Waals surface area contributed by atoms with Crippen molar-refractivity contribution in [1.29, 1.82) is 0 Å². The quantitative estimate of drug-likeness (QED) is 0.631. The lowest BCUT2D eigenvalue weighted by atomic mass is 10.2. The summed E-state index contributed by atoms with van der Waals surface area (Å²) < 4.78 is 6.42. The van der Waals surface area contributed by atoms with Crippen LogP contribution in [0.15, 0.2) is 34.9 Å². The van der Waals surface area contributed by atoms with E-state index in [4.69, 9.17) is 10.3 Å². The standard InChI is InChI=1S/C11H12N3O.ClH/c1-14-10(11(12)15-13-14)8-7-9-5-3-2-4-6-9;/h2-8H,12H2,1H3;1H/q+1;/p-1/b8-7+;. The molecule has 0 atom stereocenters. The van der Waals surface area contributed by atoms with Crippen LogP contribution in [0.25, 0.3) is 12.2 Å². The molecule has 0 amide bonds. The van der Waals surface area contributed by atoms with Gasteiger partial charge in [-0.1, -0.05) is 30.3 Å². The van der Waals surface area contributed by atoms with Crippen LogP contribution in [0.4, 0.5) is 5.88 Å². The zero-order valence-electron chi connectivity index (χ0n) is 8.80. The van der Waals surface area contributed by atoms with E-state index in [1.165, 1.54) is 0 Å². The zero-order chi connectivity index (χ0) is 10.7. The van der Waals surface area contributed by atoms with Crippen LogP contribution in [0.2, 0.25) is 0 Å². The average Bonchev–Trinajstić information content (AvgIpc) is 2.58. The number of nitrogen functional groups attached to an aromatic ring is 1. The molecule has 0 saturated carbocycles. The maximum atomic E-state index is 5.60. The Morgan fingerprint density at radius 1 is 1.25 bits per heavy atom. The molecule has 16 heavy (non-hydrogen) atoms. The average molecular weight is 238 g/mol. The number of nitrogens with zero attached hydrogens (tertiary/aromatic N) is 2. The summed E-state index contributed by atoms with van der Waals surface area (Å²) >= 11 is 0. The number of aromatic nitrogens is 2. The third kappa shape index (κ3) is 2.61. The first-order valence-electron chi connectivity index (χ1n) is 4.62. The Kier molecular flexibility index (Phi) is 4.08. The van der Waals surface area contributed by atoms with Gasteiger partial charge in [-0.3, -0.25) is 4.52 Å². The van der Waals surface area contributed by atoms with Gasteiger partial charge in [-0.05, 0) is 16.3 Å². The molecule has 1 aromatic heterocycles. The SMILES string of the molecule is C[n+]1noc(N)c1/C=C/c1ccccc1.[Cl-]. The Balaban J connectivity index is 0.00000128. The van der Waals surface area contributed by atoms with Gasteiger partial charge in [-0.15, -0.1) is 0 Å². The Morgan fingerprint density at radius 2 is 1.94 bits per heavy atom. The fourth-order valence-electron chi connectivity index (χ4n) is 1.28. The number of nitrogens with two attached hydrogens (primary N) is 1. The van der Waals surface area contributed by atoms with E-state index in [0.717, 1.165) is 11.3 Å². The first kappa shape index (κ1) is 12.3. The van der Waals surface area contributed by atoms with E-state index in [1.807, 2.05) is 42.5 Å². The first-order valence-corrected chi connectivity index (χ1v) is 4.62. The molecular formula is C11H12ClN3O. The van der Waals surface area contributed by atoms with Crippen LogP contribution in [0.1, 0.15) is 11.3 Å². The van der Waals surface area contributed by atoms with Crippen molar-refractivity contribution in [3.05, 3.63) is 41.6 Å². The molecular weight excluding hydrogens is 226 g/mol. The van der Waals surface area contributed by atoms with Gasteiger partial charge in [-0.2, -0.15) is 0 Å². The summed E-state index contributed by atoms with van der Waals surface area (Å²) in [6.45, 7) is 0. The van der Waals surface area contributed by atoms with Crippen molar-refractivity contribution in [2.24, 2.45) is 7.05 Å². The van der Waals surface area contributed by atoms with Gasteiger partial charge in [0.2, 0.25) is 5.27 Å². The van der Waals surface area contributed by atoms with Gasteiger partial charge in [-0.25, -0.2) is 0 Å². The summed E-state index contributed by atoms with van der Waals surface area (Å²) in [5.41, 5.74) is 7.48. The van der Waals surface area contributed by atoms with Gasteiger partial charge in [0.05, 0.1) is 0 Å². The van der Waals surface area contributed by atoms with Crippen LogP contribution < -0.4 is 22.8 Å². The predicted molar refractivity (Wildman–Crippen MR) is 57.5 cm³/mol. The number of benzene rings is 1. The molecule has 0 fully saturated rings. The summed E-state index contributed by atoms with van der Waals surface area (Å²) in [6, 6.07) is 9.97. The zero-order valence-corrected chi connectivity index (χ0v) is 9.56. The van der Waals surface area contributed by atoms with Crippen molar-refractivity contribution in [2.45, 2.75) is 0 Å². The van der Waals surface area contributed by atoms with Crippen molar-refractivity contribution < 1.29 is 21.6 Å². The fourth-order valence-corrected chi connectivity index (χ4v) is 1.28. The molecule has 0 aliphatic heterocycles. The normalized spacial score (nSPS) is 10.3. The Morgan fingerprint density at radius 3 is 2.50 bits per heavy atom. The number of hydrogen-bond donors (Lipinski definition) is 1. The van der Waals surface area contributed by atoms with Crippen molar-refractivity contribution in [1.82, 2.24) is 5.27 Å². The summed E-state index contributed by atoms with van der Waals surface area (Å²) in [5, 5.41) is 3.69. The van der Waals surface area contributed by atoms with Gasteiger partial charge in [0.1, 0.15) is 0 Å². The van der Waals surface area contributed by atoms with Gasteiger partial charge < -0.3 is 18.1 Å². The van der Waals surface area contributed by atoms with E-state index in [2.05, 4.69) is 5.27 Å². The van der Waals surface area contributed by atoms with Crippen LogP contribution in [0, 0.1) is 0 Å². The van der Waals surface area contributed by atoms with E-state index in [0.29, 0.717) is 5.88 Å². The predicted octanol–water partition coefficient (Wildman–Crippen LogP) is -1.74. The molecule has 1 heterocycles. The topological polar surface area (TPSA) is 55.9 Å². The molecule has 0 saturated heterocycles. The van der Waals surface area contributed by atoms with Crippen LogP contribution in [0.5, 0.6) is 0 Å². The van der Waals surface area contributed by atoms with Crippen LogP contribution in [0.3, 0.4) is 0 Å². The minimum Gasteiger partial charge on any atom is -1.00 e. The molecule has 0 spiro atoms. The van der Waals surface area contributed by atoms with Crippen LogP contribution in [-0.2, 0) is 7.05 Å². The number of aryl methyl sites for hydroxylation is 1. The second-order valence-corrected chi connectivity index (χ2v) is 3.19. The van der Waals surface area contributed by atoms with E-state index >= 15 is 0 Å². The van der Waals surface area contributed by atoms with Gasteiger partial charge in [0.25, 0.3) is 5.69 Å². The van der Waals surface area contributed by atoms with Crippen molar-refractivity contribution in [3.8, 4) is 0 Å². The third-order valence-corrected chi connectivity index (χ3v) is 2.10. The lowest BCUT2D eigenvalue weighted by Gasteiger charge is -1.88. The molecule has 5 heteroatoms. The highest BCUT2D eigenvalue weighted by atomic mass is 35.5. The molecule has 84 valence electrons. The number of hydrogen-bond acceptors (Lipinski definition) is 3. The van der Waals surface area contributed by atoms with Gasteiger partial charge in [0, 0.05) is 6.08 Å². The number of anilines is 1. The van der Waals surface area contributed by atoms with Crippen molar-refractivity contribution in [2.75, 3.05) is 5.73 Å². The van der Waals surface area contributed by atoms with E-state index in [9.17, 15) is 0 Å². The third-order valence-electron chi connectivity index (χ3n) is 2.10. The Hall–Kier alpha value is -1.81. The van der Waals surface area contributed by atoms with Gasteiger partial charge in [0.15, 0.2) is 7.05 Å².